The standard InChI is InChI=1S/C15H32N2O/c1-6-8-10-18-11-9-17-13-15(5,7-2)16-12-14(17,3)4/h16H,6-13H2,1-5H3. The van der Waals surface area contributed by atoms with E-state index in [0.29, 0.717) is 0 Å². The van der Waals surface area contributed by atoms with E-state index in [2.05, 4.69) is 44.8 Å². The zero-order valence-electron chi connectivity index (χ0n) is 13.0. The molecule has 1 aliphatic rings. The van der Waals surface area contributed by atoms with Crippen LogP contribution in [0.2, 0.25) is 0 Å². The molecule has 1 fully saturated rings. The molecule has 1 atom stereocenters. The predicted octanol–water partition coefficient (Wildman–Crippen LogP) is 2.66. The van der Waals surface area contributed by atoms with E-state index >= 15 is 0 Å². The monoisotopic (exact) mass is 256 g/mol. The molecule has 1 saturated heterocycles. The van der Waals surface area contributed by atoms with Crippen LogP contribution in [-0.2, 0) is 4.74 Å². The van der Waals surface area contributed by atoms with Crippen molar-refractivity contribution < 1.29 is 4.74 Å². The lowest BCUT2D eigenvalue weighted by atomic mass is 9.88. The largest absolute Gasteiger partial charge is 0.380 e. The Hall–Kier alpha value is -0.120. The molecule has 1 aliphatic heterocycles. The molecule has 0 spiro atoms. The summed E-state index contributed by atoms with van der Waals surface area (Å²) in [5.41, 5.74) is 0.502. The van der Waals surface area contributed by atoms with Crippen LogP contribution in [0.15, 0.2) is 0 Å². The van der Waals surface area contributed by atoms with Crippen molar-refractivity contribution in [3.8, 4) is 0 Å². The van der Waals surface area contributed by atoms with Gasteiger partial charge in [-0.1, -0.05) is 20.3 Å². The van der Waals surface area contributed by atoms with Crippen molar-refractivity contribution in [2.75, 3.05) is 32.8 Å². The maximum atomic E-state index is 5.71. The summed E-state index contributed by atoms with van der Waals surface area (Å²) in [4.78, 5) is 2.58. The zero-order chi connectivity index (χ0) is 13.6. The van der Waals surface area contributed by atoms with Crippen molar-refractivity contribution in [2.24, 2.45) is 0 Å². The Morgan fingerprint density at radius 2 is 1.89 bits per heavy atom. The molecule has 0 bridgehead atoms. The summed E-state index contributed by atoms with van der Waals surface area (Å²) in [6, 6.07) is 0. The SMILES string of the molecule is CCCCOCCN1CC(C)(CC)NCC1(C)C. The van der Waals surface area contributed by atoms with Gasteiger partial charge in [0, 0.05) is 37.3 Å². The van der Waals surface area contributed by atoms with Gasteiger partial charge in [-0.25, -0.2) is 0 Å². The van der Waals surface area contributed by atoms with Crippen LogP contribution in [0, 0.1) is 0 Å². The van der Waals surface area contributed by atoms with E-state index in [-0.39, 0.29) is 11.1 Å². The van der Waals surface area contributed by atoms with Crippen LogP contribution in [0.1, 0.15) is 53.9 Å². The number of hydrogen-bond donors (Lipinski definition) is 1. The lowest BCUT2D eigenvalue weighted by Crippen LogP contribution is -2.67. The van der Waals surface area contributed by atoms with Gasteiger partial charge in [-0.05, 0) is 33.6 Å². The molecule has 1 unspecified atom stereocenters. The smallest absolute Gasteiger partial charge is 0.0593 e. The third-order valence-electron chi connectivity index (χ3n) is 4.27. The van der Waals surface area contributed by atoms with E-state index in [1.807, 2.05) is 0 Å². The van der Waals surface area contributed by atoms with E-state index in [0.717, 1.165) is 32.8 Å². The van der Waals surface area contributed by atoms with Crippen LogP contribution in [0.3, 0.4) is 0 Å². The summed E-state index contributed by atoms with van der Waals surface area (Å²) in [7, 11) is 0. The fraction of sp³-hybridized carbons (Fsp3) is 1.00. The van der Waals surface area contributed by atoms with Gasteiger partial charge >= 0.3 is 0 Å². The molecule has 108 valence electrons. The first-order valence-electron chi connectivity index (χ1n) is 7.51. The molecule has 1 rings (SSSR count). The second-order valence-corrected chi connectivity index (χ2v) is 6.47. The fourth-order valence-corrected chi connectivity index (χ4v) is 2.37. The Balaban J connectivity index is 2.39. The zero-order valence-corrected chi connectivity index (χ0v) is 13.0. The summed E-state index contributed by atoms with van der Waals surface area (Å²) in [5.74, 6) is 0. The quantitative estimate of drug-likeness (QED) is 0.709. The van der Waals surface area contributed by atoms with Crippen molar-refractivity contribution in [1.82, 2.24) is 10.2 Å². The third-order valence-corrected chi connectivity index (χ3v) is 4.27. The molecule has 0 amide bonds. The molecule has 0 aliphatic carbocycles. The molecule has 18 heavy (non-hydrogen) atoms. The molecule has 0 aromatic carbocycles. The summed E-state index contributed by atoms with van der Waals surface area (Å²) in [5, 5.41) is 3.69. The van der Waals surface area contributed by atoms with Gasteiger partial charge < -0.3 is 10.1 Å². The Labute approximate surface area is 113 Å². The number of unbranched alkanes of at least 4 members (excludes halogenated alkanes) is 1. The number of nitrogens with one attached hydrogen (secondary N) is 1. The summed E-state index contributed by atoms with van der Waals surface area (Å²) < 4.78 is 5.71. The van der Waals surface area contributed by atoms with Crippen LogP contribution in [-0.4, -0.2) is 48.8 Å². The van der Waals surface area contributed by atoms with Gasteiger partial charge in [0.25, 0.3) is 0 Å². The van der Waals surface area contributed by atoms with E-state index in [1.54, 1.807) is 0 Å². The van der Waals surface area contributed by atoms with E-state index in [1.165, 1.54) is 19.3 Å². The highest BCUT2D eigenvalue weighted by molar-refractivity contribution is 4.98. The normalized spacial score (nSPS) is 28.5. The van der Waals surface area contributed by atoms with Crippen molar-refractivity contribution in [3.05, 3.63) is 0 Å². The Kier molecular flexibility index (Phi) is 6.09. The minimum Gasteiger partial charge on any atom is -0.380 e. The third kappa shape index (κ3) is 4.52. The molecule has 0 saturated carbocycles. The molecule has 0 aromatic rings. The van der Waals surface area contributed by atoms with Crippen molar-refractivity contribution in [1.29, 1.82) is 0 Å². The molecular formula is C15H32N2O. The first-order chi connectivity index (χ1) is 8.43. The number of rotatable bonds is 7. The fourth-order valence-electron chi connectivity index (χ4n) is 2.37. The summed E-state index contributed by atoms with van der Waals surface area (Å²) in [6.07, 6.45) is 3.57. The number of ether oxygens (including phenoxy) is 1. The molecule has 3 nitrogen and oxygen atoms in total. The molecule has 0 aromatic heterocycles. The van der Waals surface area contributed by atoms with Gasteiger partial charge in [0.05, 0.1) is 6.61 Å². The van der Waals surface area contributed by atoms with Crippen LogP contribution < -0.4 is 5.32 Å². The Morgan fingerprint density at radius 3 is 2.50 bits per heavy atom. The first kappa shape index (κ1) is 15.9. The van der Waals surface area contributed by atoms with Gasteiger partial charge in [-0.2, -0.15) is 0 Å². The highest BCUT2D eigenvalue weighted by Crippen LogP contribution is 2.25. The van der Waals surface area contributed by atoms with Crippen molar-refractivity contribution in [2.45, 2.75) is 65.0 Å². The van der Waals surface area contributed by atoms with E-state index in [9.17, 15) is 0 Å². The molecule has 0 radical (unpaired) electrons. The lowest BCUT2D eigenvalue weighted by Gasteiger charge is -2.50. The van der Waals surface area contributed by atoms with Crippen LogP contribution in [0.25, 0.3) is 0 Å². The molecular weight excluding hydrogens is 224 g/mol. The number of piperazine rings is 1. The van der Waals surface area contributed by atoms with Gasteiger partial charge in [0.15, 0.2) is 0 Å². The molecule has 1 N–H and O–H groups in total. The Morgan fingerprint density at radius 1 is 1.17 bits per heavy atom. The van der Waals surface area contributed by atoms with E-state index < -0.39 is 0 Å². The van der Waals surface area contributed by atoms with Crippen LogP contribution >= 0.6 is 0 Å². The minimum atomic E-state index is 0.239. The topological polar surface area (TPSA) is 24.5 Å². The maximum Gasteiger partial charge on any atom is 0.0593 e. The highest BCUT2D eigenvalue weighted by Gasteiger charge is 2.38. The summed E-state index contributed by atoms with van der Waals surface area (Å²) in [6.45, 7) is 16.4. The minimum absolute atomic E-state index is 0.239. The van der Waals surface area contributed by atoms with Gasteiger partial charge in [0.1, 0.15) is 0 Å². The van der Waals surface area contributed by atoms with Gasteiger partial charge in [0.2, 0.25) is 0 Å². The van der Waals surface area contributed by atoms with Crippen LogP contribution in [0.4, 0.5) is 0 Å². The van der Waals surface area contributed by atoms with Gasteiger partial charge in [-0.15, -0.1) is 0 Å². The maximum absolute atomic E-state index is 5.71. The first-order valence-corrected chi connectivity index (χ1v) is 7.51. The van der Waals surface area contributed by atoms with Crippen molar-refractivity contribution in [3.63, 3.8) is 0 Å². The van der Waals surface area contributed by atoms with E-state index in [4.69, 9.17) is 4.74 Å². The van der Waals surface area contributed by atoms with Gasteiger partial charge in [-0.3, -0.25) is 4.90 Å². The summed E-state index contributed by atoms with van der Waals surface area (Å²) >= 11 is 0. The van der Waals surface area contributed by atoms with Crippen LogP contribution in [0.5, 0.6) is 0 Å². The number of nitrogens with zero attached hydrogens (tertiary/aromatic N) is 1. The molecule has 3 heteroatoms. The predicted molar refractivity (Wildman–Crippen MR) is 78.1 cm³/mol. The average molecular weight is 256 g/mol. The Bertz CT molecular complexity index is 243. The second kappa shape index (κ2) is 6.88. The second-order valence-electron chi connectivity index (χ2n) is 6.47. The number of hydrogen-bond acceptors (Lipinski definition) is 3. The lowest BCUT2D eigenvalue weighted by molar-refractivity contribution is 0.00501. The highest BCUT2D eigenvalue weighted by atomic mass is 16.5. The molecule has 1 heterocycles. The van der Waals surface area contributed by atoms with Crippen molar-refractivity contribution >= 4 is 0 Å². The average Bonchev–Trinajstić information content (AvgIpc) is 2.34.